The van der Waals surface area contributed by atoms with Gasteiger partial charge in [-0.05, 0) is 24.8 Å². The summed E-state index contributed by atoms with van der Waals surface area (Å²) >= 11 is 0. The average Bonchev–Trinajstić information content (AvgIpc) is 2.50. The number of rotatable bonds is 10. The van der Waals surface area contributed by atoms with Gasteiger partial charge in [0.15, 0.2) is 0 Å². The Hall–Kier alpha value is -1.68. The van der Waals surface area contributed by atoms with Crippen LogP contribution in [0.1, 0.15) is 31.2 Å². The van der Waals surface area contributed by atoms with Crippen molar-refractivity contribution in [2.24, 2.45) is 5.92 Å². The molecule has 0 N–H and O–H groups in total. The normalized spacial score (nSPS) is 11.8. The zero-order valence-corrected chi connectivity index (χ0v) is 11.9. The summed E-state index contributed by atoms with van der Waals surface area (Å²) in [4.78, 5) is 21.9. The lowest BCUT2D eigenvalue weighted by Crippen LogP contribution is -2.08. The van der Waals surface area contributed by atoms with Crippen molar-refractivity contribution in [3.05, 3.63) is 35.9 Å². The van der Waals surface area contributed by atoms with Crippen molar-refractivity contribution in [3.8, 4) is 0 Å². The number of methoxy groups -OCH3 is 1. The standard InChI is InChI=1S/C16H22O4/c1-19-16(18)10-9-14(12-17)8-5-11-20-13-15-6-3-2-4-7-15/h2-4,6-7,12,14H,5,8-11,13H2,1H3. The van der Waals surface area contributed by atoms with E-state index in [9.17, 15) is 9.59 Å². The minimum Gasteiger partial charge on any atom is -0.469 e. The SMILES string of the molecule is COC(=O)CCC(C=O)CCCOCc1ccccc1. The largest absolute Gasteiger partial charge is 0.469 e. The first-order valence-electron chi connectivity index (χ1n) is 6.90. The molecule has 4 heteroatoms. The van der Waals surface area contributed by atoms with Gasteiger partial charge in [-0.2, -0.15) is 0 Å². The Labute approximate surface area is 120 Å². The number of hydrogen-bond acceptors (Lipinski definition) is 4. The number of benzene rings is 1. The van der Waals surface area contributed by atoms with Gasteiger partial charge in [-0.15, -0.1) is 0 Å². The summed E-state index contributed by atoms with van der Waals surface area (Å²) in [5, 5.41) is 0. The van der Waals surface area contributed by atoms with Crippen molar-refractivity contribution < 1.29 is 19.1 Å². The van der Waals surface area contributed by atoms with Gasteiger partial charge >= 0.3 is 5.97 Å². The van der Waals surface area contributed by atoms with Crippen LogP contribution in [0.2, 0.25) is 0 Å². The summed E-state index contributed by atoms with van der Waals surface area (Å²) in [7, 11) is 1.36. The molecule has 0 radical (unpaired) electrons. The predicted molar refractivity (Wildman–Crippen MR) is 76.1 cm³/mol. The van der Waals surface area contributed by atoms with Gasteiger partial charge in [0.1, 0.15) is 6.29 Å². The van der Waals surface area contributed by atoms with Crippen LogP contribution in [0.3, 0.4) is 0 Å². The highest BCUT2D eigenvalue weighted by molar-refractivity contribution is 5.69. The second kappa shape index (κ2) is 10.1. The second-order valence-corrected chi connectivity index (χ2v) is 4.69. The molecule has 0 heterocycles. The van der Waals surface area contributed by atoms with E-state index in [1.165, 1.54) is 7.11 Å². The van der Waals surface area contributed by atoms with Crippen LogP contribution in [0.15, 0.2) is 30.3 Å². The molecule has 0 aliphatic heterocycles. The molecular formula is C16H22O4. The highest BCUT2D eigenvalue weighted by atomic mass is 16.5. The second-order valence-electron chi connectivity index (χ2n) is 4.69. The first-order valence-corrected chi connectivity index (χ1v) is 6.90. The topological polar surface area (TPSA) is 52.6 Å². The van der Waals surface area contributed by atoms with Gasteiger partial charge in [0.2, 0.25) is 0 Å². The van der Waals surface area contributed by atoms with Crippen molar-refractivity contribution in [3.63, 3.8) is 0 Å². The Balaban J connectivity index is 2.09. The smallest absolute Gasteiger partial charge is 0.305 e. The van der Waals surface area contributed by atoms with Gasteiger partial charge in [0.05, 0.1) is 13.7 Å². The molecule has 0 aliphatic rings. The van der Waals surface area contributed by atoms with Crippen LogP contribution in [0.4, 0.5) is 0 Å². The maximum atomic E-state index is 11.0. The first-order chi connectivity index (χ1) is 9.76. The van der Waals surface area contributed by atoms with E-state index < -0.39 is 0 Å². The molecule has 20 heavy (non-hydrogen) atoms. The van der Waals surface area contributed by atoms with Crippen LogP contribution in [-0.4, -0.2) is 26.0 Å². The molecular weight excluding hydrogens is 256 g/mol. The number of esters is 1. The molecule has 0 aromatic heterocycles. The fourth-order valence-electron chi connectivity index (χ4n) is 1.90. The average molecular weight is 278 g/mol. The molecule has 1 atom stereocenters. The van der Waals surface area contributed by atoms with Crippen molar-refractivity contribution in [1.82, 2.24) is 0 Å². The Morgan fingerprint density at radius 2 is 2.00 bits per heavy atom. The number of aldehydes is 1. The molecule has 1 unspecified atom stereocenters. The van der Waals surface area contributed by atoms with Gasteiger partial charge in [0.25, 0.3) is 0 Å². The van der Waals surface area contributed by atoms with Crippen LogP contribution in [-0.2, 0) is 25.7 Å². The molecule has 0 amide bonds. The van der Waals surface area contributed by atoms with Crippen molar-refractivity contribution in [2.45, 2.75) is 32.3 Å². The fourth-order valence-corrected chi connectivity index (χ4v) is 1.90. The van der Waals surface area contributed by atoms with Gasteiger partial charge in [-0.1, -0.05) is 30.3 Å². The molecule has 0 bridgehead atoms. The lowest BCUT2D eigenvalue weighted by atomic mass is 9.99. The Bertz CT molecular complexity index is 389. The number of carbonyl (C=O) groups excluding carboxylic acids is 2. The van der Waals surface area contributed by atoms with Gasteiger partial charge < -0.3 is 14.3 Å². The van der Waals surface area contributed by atoms with Gasteiger partial charge in [-0.3, -0.25) is 4.79 Å². The lowest BCUT2D eigenvalue weighted by molar-refractivity contribution is -0.140. The number of ether oxygens (including phenoxy) is 2. The van der Waals surface area contributed by atoms with E-state index in [0.717, 1.165) is 24.7 Å². The quantitative estimate of drug-likeness (QED) is 0.375. The zero-order valence-electron chi connectivity index (χ0n) is 11.9. The Kier molecular flexibility index (Phi) is 8.31. The van der Waals surface area contributed by atoms with E-state index in [2.05, 4.69) is 4.74 Å². The van der Waals surface area contributed by atoms with Crippen LogP contribution in [0, 0.1) is 5.92 Å². The Morgan fingerprint density at radius 1 is 1.25 bits per heavy atom. The first kappa shape index (κ1) is 16.4. The highest BCUT2D eigenvalue weighted by Crippen LogP contribution is 2.12. The van der Waals surface area contributed by atoms with E-state index in [-0.39, 0.29) is 11.9 Å². The van der Waals surface area contributed by atoms with Crippen LogP contribution in [0.25, 0.3) is 0 Å². The zero-order chi connectivity index (χ0) is 14.6. The molecule has 1 rings (SSSR count). The third-order valence-corrected chi connectivity index (χ3v) is 3.11. The summed E-state index contributed by atoms with van der Waals surface area (Å²) in [6.07, 6.45) is 3.33. The number of hydrogen-bond donors (Lipinski definition) is 0. The predicted octanol–water partition coefficient (Wildman–Crippen LogP) is 2.75. The maximum absolute atomic E-state index is 11.0. The van der Waals surface area contributed by atoms with E-state index in [0.29, 0.717) is 26.1 Å². The Morgan fingerprint density at radius 3 is 2.65 bits per heavy atom. The van der Waals surface area contributed by atoms with E-state index >= 15 is 0 Å². The summed E-state index contributed by atoms with van der Waals surface area (Å²) in [6.45, 7) is 1.21. The van der Waals surface area contributed by atoms with Crippen LogP contribution in [0.5, 0.6) is 0 Å². The minimum atomic E-state index is -0.267. The molecule has 0 aliphatic carbocycles. The third-order valence-electron chi connectivity index (χ3n) is 3.11. The lowest BCUT2D eigenvalue weighted by Gasteiger charge is -2.09. The highest BCUT2D eigenvalue weighted by Gasteiger charge is 2.10. The molecule has 0 saturated heterocycles. The number of carbonyl (C=O) groups is 2. The van der Waals surface area contributed by atoms with Crippen LogP contribution < -0.4 is 0 Å². The monoisotopic (exact) mass is 278 g/mol. The van der Waals surface area contributed by atoms with Crippen molar-refractivity contribution in [2.75, 3.05) is 13.7 Å². The third kappa shape index (κ3) is 7.04. The van der Waals surface area contributed by atoms with E-state index in [1.807, 2.05) is 30.3 Å². The molecule has 1 aromatic carbocycles. The molecule has 0 fully saturated rings. The molecule has 110 valence electrons. The molecule has 4 nitrogen and oxygen atoms in total. The molecule has 0 saturated carbocycles. The van der Waals surface area contributed by atoms with Gasteiger partial charge in [0, 0.05) is 18.9 Å². The summed E-state index contributed by atoms with van der Waals surface area (Å²) < 4.78 is 10.1. The minimum absolute atomic E-state index is 0.0885. The molecule has 1 aromatic rings. The van der Waals surface area contributed by atoms with Crippen molar-refractivity contribution >= 4 is 12.3 Å². The van der Waals surface area contributed by atoms with E-state index in [4.69, 9.17) is 4.74 Å². The van der Waals surface area contributed by atoms with Crippen molar-refractivity contribution in [1.29, 1.82) is 0 Å². The van der Waals surface area contributed by atoms with Crippen LogP contribution >= 0.6 is 0 Å². The van der Waals surface area contributed by atoms with E-state index in [1.54, 1.807) is 0 Å². The summed E-state index contributed by atoms with van der Waals surface area (Å²) in [5.74, 6) is -0.355. The maximum Gasteiger partial charge on any atom is 0.305 e. The summed E-state index contributed by atoms with van der Waals surface area (Å²) in [5.41, 5.74) is 1.14. The fraction of sp³-hybridized carbons (Fsp3) is 0.500. The molecule has 0 spiro atoms. The van der Waals surface area contributed by atoms with Gasteiger partial charge in [-0.25, -0.2) is 0 Å². The summed E-state index contributed by atoms with van der Waals surface area (Å²) in [6, 6.07) is 9.97.